The molecule has 0 amide bonds. The molecular weight excluding hydrogens is 380 g/mol. The minimum atomic E-state index is 0.913. The van der Waals surface area contributed by atoms with Gasteiger partial charge in [-0.2, -0.15) is 0 Å². The Bertz CT molecular complexity index is 1780. The number of benzene rings is 5. The van der Waals surface area contributed by atoms with Gasteiger partial charge in [0.2, 0.25) is 0 Å². The summed E-state index contributed by atoms with van der Waals surface area (Å²) in [5.41, 5.74) is 7.30. The fourth-order valence-corrected chi connectivity index (χ4v) is 4.67. The highest BCUT2D eigenvalue weighted by molar-refractivity contribution is 6.15. The average Bonchev–Trinajstić information content (AvgIpc) is 3.33. The highest BCUT2D eigenvalue weighted by Gasteiger charge is 2.13. The summed E-state index contributed by atoms with van der Waals surface area (Å²) in [5, 5.41) is 6.87. The third kappa shape index (κ3) is 2.45. The molecule has 2 heterocycles. The van der Waals surface area contributed by atoms with Crippen molar-refractivity contribution in [3.8, 4) is 11.1 Å². The second-order valence-corrected chi connectivity index (χ2v) is 8.32. The molecule has 0 aliphatic carbocycles. The fourth-order valence-electron chi connectivity index (χ4n) is 4.67. The number of para-hydroxylation sites is 1. The molecule has 0 bridgehead atoms. The lowest BCUT2D eigenvalue weighted by molar-refractivity contribution is 0.668. The summed E-state index contributed by atoms with van der Waals surface area (Å²) >= 11 is 0. The summed E-state index contributed by atoms with van der Waals surface area (Å²) in [6.45, 7) is 2.11. The first-order valence-corrected chi connectivity index (χ1v) is 10.5. The molecule has 0 fully saturated rings. The molecule has 0 aliphatic heterocycles. The van der Waals surface area contributed by atoms with Crippen molar-refractivity contribution in [2.45, 2.75) is 6.92 Å². The zero-order chi connectivity index (χ0) is 20.5. The SMILES string of the molecule is Cc1ccc(-c2ccc3c(c2)oc2cc4cc5c(cc4cc23)oc2ccccc25)cc1. The molecule has 0 aliphatic rings. The summed E-state index contributed by atoms with van der Waals surface area (Å²) in [6.07, 6.45) is 0. The lowest BCUT2D eigenvalue weighted by Crippen LogP contribution is -1.78. The van der Waals surface area contributed by atoms with Gasteiger partial charge in [-0.25, -0.2) is 0 Å². The summed E-state index contributed by atoms with van der Waals surface area (Å²) in [4.78, 5) is 0. The number of hydrogen-bond acceptors (Lipinski definition) is 2. The van der Waals surface area contributed by atoms with Crippen molar-refractivity contribution in [3.63, 3.8) is 0 Å². The van der Waals surface area contributed by atoms with Crippen molar-refractivity contribution >= 4 is 54.6 Å². The van der Waals surface area contributed by atoms with Gasteiger partial charge in [0.25, 0.3) is 0 Å². The molecule has 0 saturated carbocycles. The van der Waals surface area contributed by atoms with Gasteiger partial charge >= 0.3 is 0 Å². The summed E-state index contributed by atoms with van der Waals surface area (Å²) in [5.74, 6) is 0. The van der Waals surface area contributed by atoms with E-state index in [1.165, 1.54) is 16.7 Å². The molecule has 2 heteroatoms. The third-order valence-corrected chi connectivity index (χ3v) is 6.31. The third-order valence-electron chi connectivity index (χ3n) is 6.31. The number of aryl methyl sites for hydroxylation is 1. The highest BCUT2D eigenvalue weighted by atomic mass is 16.3. The van der Waals surface area contributed by atoms with Crippen LogP contribution in [0.4, 0.5) is 0 Å². The molecule has 2 nitrogen and oxygen atoms in total. The Morgan fingerprint density at radius 2 is 1.03 bits per heavy atom. The van der Waals surface area contributed by atoms with Crippen LogP contribution in [0.5, 0.6) is 0 Å². The molecule has 0 atom stereocenters. The van der Waals surface area contributed by atoms with Gasteiger partial charge in [0.1, 0.15) is 22.3 Å². The van der Waals surface area contributed by atoms with E-state index >= 15 is 0 Å². The minimum Gasteiger partial charge on any atom is -0.456 e. The fraction of sp³-hybridized carbons (Fsp3) is 0.0345. The number of fused-ring (bicyclic) bond motifs is 7. The van der Waals surface area contributed by atoms with Crippen molar-refractivity contribution in [2.24, 2.45) is 0 Å². The lowest BCUT2D eigenvalue weighted by Gasteiger charge is -2.02. The van der Waals surface area contributed by atoms with Crippen LogP contribution >= 0.6 is 0 Å². The van der Waals surface area contributed by atoms with Gasteiger partial charge in [-0.15, -0.1) is 0 Å². The molecular formula is C29H18O2. The van der Waals surface area contributed by atoms with E-state index in [4.69, 9.17) is 8.83 Å². The summed E-state index contributed by atoms with van der Waals surface area (Å²) < 4.78 is 12.4. The van der Waals surface area contributed by atoms with Crippen LogP contribution in [0.1, 0.15) is 5.56 Å². The Labute approximate surface area is 178 Å². The standard InChI is InChI=1S/C29H18O2/c1-17-6-8-18(9-7-17)19-10-11-23-25-13-21-15-28-24(22-4-2-3-5-26(22)30-28)12-20(21)16-29(25)31-27(23)14-19/h2-16H,1H3. The number of hydrogen-bond donors (Lipinski definition) is 0. The zero-order valence-electron chi connectivity index (χ0n) is 17.0. The van der Waals surface area contributed by atoms with Crippen LogP contribution in [0.15, 0.2) is 99.8 Å². The van der Waals surface area contributed by atoms with Crippen LogP contribution in [0.3, 0.4) is 0 Å². The Morgan fingerprint density at radius 3 is 1.77 bits per heavy atom. The van der Waals surface area contributed by atoms with Crippen LogP contribution in [0, 0.1) is 6.92 Å². The highest BCUT2D eigenvalue weighted by Crippen LogP contribution is 2.37. The van der Waals surface area contributed by atoms with Crippen LogP contribution in [0.25, 0.3) is 65.8 Å². The lowest BCUT2D eigenvalue weighted by atomic mass is 10.0. The van der Waals surface area contributed by atoms with E-state index in [0.717, 1.165) is 54.6 Å². The first kappa shape index (κ1) is 16.7. The minimum absolute atomic E-state index is 0.913. The molecule has 0 spiro atoms. The molecule has 0 unspecified atom stereocenters. The smallest absolute Gasteiger partial charge is 0.136 e. The van der Waals surface area contributed by atoms with Crippen molar-refractivity contribution in [1.29, 1.82) is 0 Å². The van der Waals surface area contributed by atoms with E-state index in [1.807, 2.05) is 12.1 Å². The Balaban J connectivity index is 1.47. The van der Waals surface area contributed by atoms with Crippen LogP contribution in [-0.2, 0) is 0 Å². The van der Waals surface area contributed by atoms with Crippen molar-refractivity contribution in [1.82, 2.24) is 0 Å². The van der Waals surface area contributed by atoms with Crippen LogP contribution < -0.4 is 0 Å². The van der Waals surface area contributed by atoms with Gasteiger partial charge in [0, 0.05) is 21.5 Å². The summed E-state index contributed by atoms with van der Waals surface area (Å²) in [7, 11) is 0. The molecule has 7 aromatic rings. The second-order valence-electron chi connectivity index (χ2n) is 8.32. The van der Waals surface area contributed by atoms with Gasteiger partial charge in [-0.3, -0.25) is 0 Å². The van der Waals surface area contributed by atoms with Gasteiger partial charge < -0.3 is 8.83 Å². The van der Waals surface area contributed by atoms with E-state index < -0.39 is 0 Å². The van der Waals surface area contributed by atoms with E-state index in [0.29, 0.717) is 0 Å². The van der Waals surface area contributed by atoms with Gasteiger partial charge in [-0.05, 0) is 71.3 Å². The molecule has 0 N–H and O–H groups in total. The van der Waals surface area contributed by atoms with E-state index in [1.54, 1.807) is 0 Å². The van der Waals surface area contributed by atoms with Gasteiger partial charge in [-0.1, -0.05) is 54.1 Å². The van der Waals surface area contributed by atoms with Crippen LogP contribution in [-0.4, -0.2) is 0 Å². The van der Waals surface area contributed by atoms with Gasteiger partial charge in [0.15, 0.2) is 0 Å². The Kier molecular flexibility index (Phi) is 3.23. The number of furan rings is 2. The molecule has 7 rings (SSSR count). The normalized spacial score (nSPS) is 12.0. The van der Waals surface area contributed by atoms with Crippen LogP contribution in [0.2, 0.25) is 0 Å². The molecule has 31 heavy (non-hydrogen) atoms. The molecule has 5 aromatic carbocycles. The predicted molar refractivity (Wildman–Crippen MR) is 129 cm³/mol. The molecule has 0 saturated heterocycles. The topological polar surface area (TPSA) is 26.3 Å². The van der Waals surface area contributed by atoms with E-state index in [9.17, 15) is 0 Å². The first-order chi connectivity index (χ1) is 15.2. The maximum Gasteiger partial charge on any atom is 0.136 e. The van der Waals surface area contributed by atoms with Crippen molar-refractivity contribution in [2.75, 3.05) is 0 Å². The molecule has 2 aromatic heterocycles. The Hall–Kier alpha value is -4.04. The maximum atomic E-state index is 6.30. The molecule has 146 valence electrons. The van der Waals surface area contributed by atoms with Crippen molar-refractivity contribution in [3.05, 3.63) is 96.6 Å². The molecule has 0 radical (unpaired) electrons. The average molecular weight is 398 g/mol. The monoisotopic (exact) mass is 398 g/mol. The number of rotatable bonds is 1. The first-order valence-electron chi connectivity index (χ1n) is 10.5. The van der Waals surface area contributed by atoms with Crippen molar-refractivity contribution < 1.29 is 8.83 Å². The second kappa shape index (κ2) is 5.99. The predicted octanol–water partition coefficient (Wildman–Crippen LogP) is 8.61. The zero-order valence-corrected chi connectivity index (χ0v) is 17.0. The van der Waals surface area contributed by atoms with Gasteiger partial charge in [0.05, 0.1) is 0 Å². The summed E-state index contributed by atoms with van der Waals surface area (Å²) in [6, 6.07) is 32.0. The quantitative estimate of drug-likeness (QED) is 0.277. The van der Waals surface area contributed by atoms with E-state index in [-0.39, 0.29) is 0 Å². The Morgan fingerprint density at radius 1 is 0.452 bits per heavy atom. The maximum absolute atomic E-state index is 6.30. The van der Waals surface area contributed by atoms with E-state index in [2.05, 4.69) is 85.8 Å². The largest absolute Gasteiger partial charge is 0.456 e.